The van der Waals surface area contributed by atoms with Gasteiger partial charge >= 0.3 is 0 Å². The largest absolute Gasteiger partial charge is 0.309 e. The van der Waals surface area contributed by atoms with E-state index in [0.717, 1.165) is 27.8 Å². The zero-order valence-electron chi connectivity index (χ0n) is 35.9. The summed E-state index contributed by atoms with van der Waals surface area (Å²) in [6.45, 7) is 0. The fourth-order valence-corrected chi connectivity index (χ4v) is 11.1. The molecule has 0 spiro atoms. The number of nitrogens with zero attached hydrogens (tertiary/aromatic N) is 3. The maximum Gasteiger partial charge on any atom is 0.0786 e. The molecular formula is C63H39N3. The number of benzene rings is 11. The number of hydrogen-bond acceptors (Lipinski definition) is 1. The number of rotatable bonds is 5. The van der Waals surface area contributed by atoms with Crippen LogP contribution in [-0.4, -0.2) is 14.1 Å². The van der Waals surface area contributed by atoms with E-state index in [4.69, 9.17) is 4.98 Å². The molecule has 0 aliphatic heterocycles. The maximum atomic E-state index is 4.94. The molecule has 3 heteroatoms. The zero-order valence-corrected chi connectivity index (χ0v) is 35.9. The van der Waals surface area contributed by atoms with E-state index < -0.39 is 0 Å². The van der Waals surface area contributed by atoms with Crippen LogP contribution in [-0.2, 0) is 0 Å². The van der Waals surface area contributed by atoms with Crippen LogP contribution >= 0.6 is 0 Å². The van der Waals surface area contributed by atoms with Crippen LogP contribution in [0.3, 0.4) is 0 Å². The van der Waals surface area contributed by atoms with Crippen molar-refractivity contribution in [2.45, 2.75) is 0 Å². The molecule has 0 unspecified atom stereocenters. The van der Waals surface area contributed by atoms with Crippen molar-refractivity contribution in [1.82, 2.24) is 14.1 Å². The van der Waals surface area contributed by atoms with Crippen molar-refractivity contribution < 1.29 is 0 Å². The van der Waals surface area contributed by atoms with Gasteiger partial charge in [0.25, 0.3) is 0 Å². The molecule has 11 aromatic carbocycles. The Morgan fingerprint density at radius 3 is 1.24 bits per heavy atom. The second-order valence-electron chi connectivity index (χ2n) is 17.4. The van der Waals surface area contributed by atoms with E-state index >= 15 is 0 Å². The van der Waals surface area contributed by atoms with Gasteiger partial charge in [0.05, 0.1) is 27.6 Å². The van der Waals surface area contributed by atoms with E-state index in [-0.39, 0.29) is 0 Å². The van der Waals surface area contributed by atoms with Crippen molar-refractivity contribution >= 4 is 86.8 Å². The molecule has 0 bridgehead atoms. The summed E-state index contributed by atoms with van der Waals surface area (Å²) in [6, 6.07) is 84.7. The predicted molar refractivity (Wildman–Crippen MR) is 279 cm³/mol. The summed E-state index contributed by atoms with van der Waals surface area (Å²) < 4.78 is 4.79. The Labute approximate surface area is 380 Å². The second kappa shape index (κ2) is 14.4. The number of aromatic nitrogens is 3. The van der Waals surface area contributed by atoms with E-state index in [0.29, 0.717) is 0 Å². The first-order valence-corrected chi connectivity index (χ1v) is 22.7. The highest BCUT2D eigenvalue weighted by Crippen LogP contribution is 2.46. The average Bonchev–Trinajstić information content (AvgIpc) is 3.91. The summed E-state index contributed by atoms with van der Waals surface area (Å²) in [5.41, 5.74) is 15.3. The smallest absolute Gasteiger partial charge is 0.0786 e. The van der Waals surface area contributed by atoms with E-state index in [2.05, 4.69) is 234 Å². The Kier molecular flexibility index (Phi) is 7.98. The van der Waals surface area contributed by atoms with Gasteiger partial charge in [0.1, 0.15) is 0 Å². The highest BCUT2D eigenvalue weighted by atomic mass is 15.0. The molecule has 0 aliphatic carbocycles. The minimum atomic E-state index is 1.02. The Morgan fingerprint density at radius 2 is 0.712 bits per heavy atom. The van der Waals surface area contributed by atoms with Gasteiger partial charge in [-0.2, -0.15) is 0 Å². The minimum Gasteiger partial charge on any atom is -0.309 e. The first-order valence-electron chi connectivity index (χ1n) is 22.7. The summed E-state index contributed by atoms with van der Waals surface area (Å²) >= 11 is 0. The summed E-state index contributed by atoms with van der Waals surface area (Å²) in [6.07, 6.45) is 1.91. The van der Waals surface area contributed by atoms with Crippen LogP contribution in [0.15, 0.2) is 237 Å². The molecule has 0 atom stereocenters. The van der Waals surface area contributed by atoms with Crippen molar-refractivity contribution in [1.29, 1.82) is 0 Å². The lowest BCUT2D eigenvalue weighted by Gasteiger charge is -2.20. The molecule has 3 nitrogen and oxygen atoms in total. The molecule has 14 aromatic rings. The normalized spacial score (nSPS) is 11.9. The third kappa shape index (κ3) is 5.41. The number of para-hydroxylation sites is 4. The predicted octanol–water partition coefficient (Wildman–Crippen LogP) is 16.9. The van der Waals surface area contributed by atoms with Crippen LogP contribution < -0.4 is 0 Å². The van der Waals surface area contributed by atoms with Gasteiger partial charge in [0, 0.05) is 49.9 Å². The van der Waals surface area contributed by atoms with Gasteiger partial charge in [-0.05, 0) is 121 Å². The van der Waals surface area contributed by atoms with E-state index in [9.17, 15) is 0 Å². The molecular weight excluding hydrogens is 799 g/mol. The summed E-state index contributed by atoms with van der Waals surface area (Å²) in [5.74, 6) is 0. The highest BCUT2D eigenvalue weighted by Gasteiger charge is 2.20. The van der Waals surface area contributed by atoms with Crippen LogP contribution in [0.4, 0.5) is 0 Å². The number of hydrogen-bond donors (Lipinski definition) is 0. The minimum absolute atomic E-state index is 1.02. The third-order valence-corrected chi connectivity index (χ3v) is 13.9. The second-order valence-corrected chi connectivity index (χ2v) is 17.4. The zero-order chi connectivity index (χ0) is 43.3. The van der Waals surface area contributed by atoms with E-state index in [1.54, 1.807) is 0 Å². The SMILES string of the molecule is c1cnc2c(c1)ccc1cccc(-c3ccc4c(-c5ccc(-n6c7ccccc7c7ccccc76)cc5)c5ccccc5c(-c5ccc(-n6c7ccccc7c7ccccc76)cc5)c4c3)c12. The molecule has 0 aliphatic rings. The first kappa shape index (κ1) is 36.7. The summed E-state index contributed by atoms with van der Waals surface area (Å²) in [4.78, 5) is 4.94. The van der Waals surface area contributed by atoms with E-state index in [1.165, 1.54) is 104 Å². The van der Waals surface area contributed by atoms with Crippen molar-refractivity contribution in [2.24, 2.45) is 0 Å². The number of fused-ring (bicyclic) bond motifs is 11. The average molecular weight is 838 g/mol. The lowest BCUT2D eigenvalue weighted by molar-refractivity contribution is 1.18. The Balaban J connectivity index is 1.01. The molecule has 0 saturated carbocycles. The fraction of sp³-hybridized carbons (Fsp3) is 0. The maximum absolute atomic E-state index is 4.94. The van der Waals surface area contributed by atoms with Crippen LogP contribution in [0.5, 0.6) is 0 Å². The van der Waals surface area contributed by atoms with Crippen LogP contribution in [0.2, 0.25) is 0 Å². The first-order chi connectivity index (χ1) is 32.8. The van der Waals surface area contributed by atoms with Gasteiger partial charge in [0.2, 0.25) is 0 Å². The molecule has 0 fully saturated rings. The van der Waals surface area contributed by atoms with Gasteiger partial charge in [-0.25, -0.2) is 0 Å². The van der Waals surface area contributed by atoms with Gasteiger partial charge < -0.3 is 9.13 Å². The topological polar surface area (TPSA) is 22.8 Å². The van der Waals surface area contributed by atoms with E-state index in [1.807, 2.05) is 12.3 Å². The molecule has 306 valence electrons. The molecule has 0 radical (unpaired) electrons. The highest BCUT2D eigenvalue weighted by molar-refractivity contribution is 6.23. The van der Waals surface area contributed by atoms with Crippen molar-refractivity contribution in [2.75, 3.05) is 0 Å². The molecule has 66 heavy (non-hydrogen) atoms. The lowest BCUT2D eigenvalue weighted by atomic mass is 9.84. The summed E-state index contributed by atoms with van der Waals surface area (Å²) in [7, 11) is 0. The van der Waals surface area contributed by atoms with Gasteiger partial charge in [0.15, 0.2) is 0 Å². The molecule has 0 N–H and O–H groups in total. The molecule has 3 aromatic heterocycles. The molecule has 0 amide bonds. The summed E-state index contributed by atoms with van der Waals surface area (Å²) in [5, 5.41) is 13.4. The standard InChI is InChI=1S/C63H39N3/c1-2-20-53-52(19-1)60(41-28-33-45(34-29-41)65-56-22-7-3-15-48(56)49-16-4-8-23-57(49)65)54-37-32-44(47-21-11-13-40-26-27-43-14-12-38-64-63(43)62(40)47)39-55(54)61(53)42-30-35-46(36-31-42)66-58-24-9-5-17-50(58)51-18-6-10-25-59(51)66/h1-39H. The van der Waals surface area contributed by atoms with Crippen molar-refractivity contribution in [3.63, 3.8) is 0 Å². The Hall–Kier alpha value is -8.79. The third-order valence-electron chi connectivity index (χ3n) is 13.9. The molecule has 14 rings (SSSR count). The van der Waals surface area contributed by atoms with Gasteiger partial charge in [-0.1, -0.05) is 170 Å². The number of pyridine rings is 1. The fourth-order valence-electron chi connectivity index (χ4n) is 11.1. The Morgan fingerprint density at radius 1 is 0.288 bits per heavy atom. The van der Waals surface area contributed by atoms with Crippen LogP contribution in [0.25, 0.3) is 132 Å². The van der Waals surface area contributed by atoms with Gasteiger partial charge in [-0.3, -0.25) is 4.98 Å². The van der Waals surface area contributed by atoms with Gasteiger partial charge in [-0.15, -0.1) is 0 Å². The monoisotopic (exact) mass is 837 g/mol. The van der Waals surface area contributed by atoms with Crippen molar-refractivity contribution in [3.8, 4) is 44.8 Å². The quantitative estimate of drug-likeness (QED) is 0.125. The van der Waals surface area contributed by atoms with Crippen LogP contribution in [0, 0.1) is 0 Å². The molecule has 0 saturated heterocycles. The lowest BCUT2D eigenvalue weighted by Crippen LogP contribution is -1.96. The van der Waals surface area contributed by atoms with Crippen LogP contribution in [0.1, 0.15) is 0 Å². The Bertz CT molecular complexity index is 4160. The molecule has 3 heterocycles. The van der Waals surface area contributed by atoms with Crippen molar-refractivity contribution in [3.05, 3.63) is 237 Å².